The van der Waals surface area contributed by atoms with Crippen LogP contribution in [0.2, 0.25) is 5.02 Å². The van der Waals surface area contributed by atoms with Crippen molar-refractivity contribution >= 4 is 11.6 Å². The fraction of sp³-hybridized carbons (Fsp3) is 0.462. The number of methoxy groups -OCH3 is 1. The largest absolute Gasteiger partial charge is 0.496 e. The van der Waals surface area contributed by atoms with Crippen LogP contribution in [0.3, 0.4) is 0 Å². The molecule has 1 aromatic rings. The lowest BCUT2D eigenvalue weighted by atomic mass is 9.88. The summed E-state index contributed by atoms with van der Waals surface area (Å²) in [5.74, 6) is -0.0763. The Morgan fingerprint density at radius 1 is 1.41 bits per heavy atom. The lowest BCUT2D eigenvalue weighted by Crippen LogP contribution is -2.23. The van der Waals surface area contributed by atoms with E-state index < -0.39 is 12.0 Å². The van der Waals surface area contributed by atoms with Gasteiger partial charge in [-0.05, 0) is 24.1 Å². The van der Waals surface area contributed by atoms with E-state index in [4.69, 9.17) is 16.3 Å². The molecule has 0 spiro atoms. The van der Waals surface area contributed by atoms with Gasteiger partial charge >= 0.3 is 0 Å². The highest BCUT2D eigenvalue weighted by Gasteiger charge is 2.26. The SMILES string of the molecule is COc1ccc(Cl)cc1C(C#N)C(O)C(C)C. The van der Waals surface area contributed by atoms with E-state index in [1.807, 2.05) is 13.8 Å². The highest BCUT2D eigenvalue weighted by molar-refractivity contribution is 6.30. The van der Waals surface area contributed by atoms with Gasteiger partial charge in [0.2, 0.25) is 0 Å². The maximum Gasteiger partial charge on any atom is 0.123 e. The number of aliphatic hydroxyl groups excluding tert-OH is 1. The number of hydrogen-bond acceptors (Lipinski definition) is 3. The number of nitriles is 1. The van der Waals surface area contributed by atoms with E-state index in [1.54, 1.807) is 18.2 Å². The van der Waals surface area contributed by atoms with Crippen molar-refractivity contribution in [2.75, 3.05) is 7.11 Å². The number of benzene rings is 1. The van der Waals surface area contributed by atoms with Gasteiger partial charge in [0, 0.05) is 10.6 Å². The van der Waals surface area contributed by atoms with Crippen molar-refractivity contribution in [1.82, 2.24) is 0 Å². The molecular weight excluding hydrogens is 238 g/mol. The highest BCUT2D eigenvalue weighted by atomic mass is 35.5. The van der Waals surface area contributed by atoms with E-state index in [1.165, 1.54) is 7.11 Å². The first-order valence-corrected chi connectivity index (χ1v) is 5.80. The minimum atomic E-state index is -0.743. The zero-order chi connectivity index (χ0) is 13.0. The van der Waals surface area contributed by atoms with Crippen molar-refractivity contribution in [3.05, 3.63) is 28.8 Å². The van der Waals surface area contributed by atoms with E-state index in [0.717, 1.165) is 0 Å². The van der Waals surface area contributed by atoms with Crippen molar-refractivity contribution in [3.63, 3.8) is 0 Å². The monoisotopic (exact) mass is 253 g/mol. The van der Waals surface area contributed by atoms with Crippen LogP contribution in [0.25, 0.3) is 0 Å². The van der Waals surface area contributed by atoms with Gasteiger partial charge in [-0.2, -0.15) is 5.26 Å². The maximum atomic E-state index is 10.0. The summed E-state index contributed by atoms with van der Waals surface area (Å²) in [6.07, 6.45) is -0.743. The van der Waals surface area contributed by atoms with Crippen molar-refractivity contribution < 1.29 is 9.84 Å². The zero-order valence-electron chi connectivity index (χ0n) is 10.1. The van der Waals surface area contributed by atoms with Gasteiger partial charge in [-0.15, -0.1) is 0 Å². The zero-order valence-corrected chi connectivity index (χ0v) is 10.9. The number of ether oxygens (including phenoxy) is 1. The molecule has 1 aromatic carbocycles. The second-order valence-corrected chi connectivity index (χ2v) is 4.66. The van der Waals surface area contributed by atoms with Crippen LogP contribution in [0, 0.1) is 17.2 Å². The first-order valence-electron chi connectivity index (χ1n) is 5.42. The minimum Gasteiger partial charge on any atom is -0.496 e. The first-order chi connectivity index (χ1) is 8.01. The minimum absolute atomic E-state index is 0.0108. The number of halogens is 1. The number of hydrogen-bond donors (Lipinski definition) is 1. The van der Waals surface area contributed by atoms with E-state index in [9.17, 15) is 10.4 Å². The van der Waals surface area contributed by atoms with E-state index in [-0.39, 0.29) is 5.92 Å². The molecular formula is C13H16ClNO2. The van der Waals surface area contributed by atoms with E-state index in [2.05, 4.69) is 6.07 Å². The lowest BCUT2D eigenvalue weighted by Gasteiger charge is -2.22. The number of rotatable bonds is 4. The topological polar surface area (TPSA) is 53.2 Å². The standard InChI is InChI=1S/C13H16ClNO2/c1-8(2)13(16)11(7-15)10-6-9(14)4-5-12(10)17-3/h4-6,8,11,13,16H,1-3H3. The molecule has 17 heavy (non-hydrogen) atoms. The Balaban J connectivity index is 3.20. The number of nitrogens with zero attached hydrogens (tertiary/aromatic N) is 1. The summed E-state index contributed by atoms with van der Waals surface area (Å²) in [5.41, 5.74) is 0.628. The molecule has 2 unspecified atom stereocenters. The smallest absolute Gasteiger partial charge is 0.123 e. The van der Waals surface area contributed by atoms with Gasteiger partial charge in [-0.25, -0.2) is 0 Å². The van der Waals surface area contributed by atoms with Crippen molar-refractivity contribution in [2.24, 2.45) is 5.92 Å². The second-order valence-electron chi connectivity index (χ2n) is 4.23. The molecule has 0 saturated carbocycles. The molecule has 4 heteroatoms. The molecule has 0 amide bonds. The third-order valence-corrected chi connectivity index (χ3v) is 2.93. The second kappa shape index (κ2) is 5.90. The van der Waals surface area contributed by atoms with Gasteiger partial charge < -0.3 is 9.84 Å². The Morgan fingerprint density at radius 3 is 2.53 bits per heavy atom. The lowest BCUT2D eigenvalue weighted by molar-refractivity contribution is 0.112. The van der Waals surface area contributed by atoms with E-state index >= 15 is 0 Å². The molecule has 92 valence electrons. The maximum absolute atomic E-state index is 10.0. The predicted molar refractivity (Wildman–Crippen MR) is 67.2 cm³/mol. The molecule has 0 aliphatic rings. The summed E-state index contributed by atoms with van der Waals surface area (Å²) in [6, 6.07) is 7.18. The molecule has 0 bridgehead atoms. The van der Waals surface area contributed by atoms with Gasteiger partial charge in [0.1, 0.15) is 11.7 Å². The fourth-order valence-corrected chi connectivity index (χ4v) is 1.84. The Hall–Kier alpha value is -1.24. The van der Waals surface area contributed by atoms with Crippen LogP contribution >= 0.6 is 11.6 Å². The molecule has 0 aromatic heterocycles. The number of aliphatic hydroxyl groups is 1. The molecule has 0 radical (unpaired) electrons. The van der Waals surface area contributed by atoms with Crippen molar-refractivity contribution in [2.45, 2.75) is 25.9 Å². The van der Waals surface area contributed by atoms with Gasteiger partial charge in [-0.1, -0.05) is 25.4 Å². The van der Waals surface area contributed by atoms with E-state index in [0.29, 0.717) is 16.3 Å². The molecule has 2 atom stereocenters. The predicted octanol–water partition coefficient (Wildman–Crippen LogP) is 2.97. The molecule has 0 aliphatic heterocycles. The Morgan fingerprint density at radius 2 is 2.06 bits per heavy atom. The molecule has 3 nitrogen and oxygen atoms in total. The van der Waals surface area contributed by atoms with Gasteiger partial charge in [0.05, 0.1) is 19.3 Å². The van der Waals surface area contributed by atoms with Crippen LogP contribution in [-0.2, 0) is 0 Å². The van der Waals surface area contributed by atoms with Crippen LogP contribution in [0.1, 0.15) is 25.3 Å². The molecule has 0 saturated heterocycles. The molecule has 1 N–H and O–H groups in total. The van der Waals surface area contributed by atoms with Crippen LogP contribution < -0.4 is 4.74 Å². The average Bonchev–Trinajstić information content (AvgIpc) is 2.30. The molecule has 0 fully saturated rings. The first kappa shape index (κ1) is 13.8. The fourth-order valence-electron chi connectivity index (χ4n) is 1.66. The van der Waals surface area contributed by atoms with Crippen LogP contribution in [-0.4, -0.2) is 18.3 Å². The quantitative estimate of drug-likeness (QED) is 0.898. The summed E-state index contributed by atoms with van der Waals surface area (Å²) in [5, 5.41) is 19.8. The van der Waals surface area contributed by atoms with Crippen LogP contribution in [0.15, 0.2) is 18.2 Å². The summed E-state index contributed by atoms with van der Waals surface area (Å²) in [7, 11) is 1.53. The third-order valence-electron chi connectivity index (χ3n) is 2.69. The van der Waals surface area contributed by atoms with Crippen LogP contribution in [0.5, 0.6) is 5.75 Å². The van der Waals surface area contributed by atoms with Gasteiger partial charge in [0.25, 0.3) is 0 Å². The summed E-state index contributed by atoms with van der Waals surface area (Å²) >= 11 is 5.91. The Labute approximate surface area is 107 Å². The van der Waals surface area contributed by atoms with Gasteiger partial charge in [0.15, 0.2) is 0 Å². The molecule has 0 heterocycles. The summed E-state index contributed by atoms with van der Waals surface area (Å²) in [4.78, 5) is 0. The molecule has 1 rings (SSSR count). The normalized spacial score (nSPS) is 14.2. The highest BCUT2D eigenvalue weighted by Crippen LogP contribution is 2.33. The third kappa shape index (κ3) is 3.12. The Bertz CT molecular complexity index is 426. The Kier molecular flexibility index (Phi) is 4.80. The van der Waals surface area contributed by atoms with Crippen LogP contribution in [0.4, 0.5) is 0 Å². The average molecular weight is 254 g/mol. The summed E-state index contributed by atoms with van der Waals surface area (Å²) < 4.78 is 5.19. The van der Waals surface area contributed by atoms with Crippen molar-refractivity contribution in [3.8, 4) is 11.8 Å². The van der Waals surface area contributed by atoms with Crippen molar-refractivity contribution in [1.29, 1.82) is 5.26 Å². The molecule has 0 aliphatic carbocycles. The van der Waals surface area contributed by atoms with Gasteiger partial charge in [-0.3, -0.25) is 0 Å². The summed E-state index contributed by atoms with van der Waals surface area (Å²) in [6.45, 7) is 3.73.